The number of rotatable bonds is 4. The third-order valence-corrected chi connectivity index (χ3v) is 2.71. The topological polar surface area (TPSA) is 59.6 Å². The molecule has 5 nitrogen and oxygen atoms in total. The highest BCUT2D eigenvalue weighted by Crippen LogP contribution is 2.11. The van der Waals surface area contributed by atoms with Crippen molar-refractivity contribution in [1.82, 2.24) is 5.32 Å². The summed E-state index contributed by atoms with van der Waals surface area (Å²) in [6.07, 6.45) is -0.504. The molecule has 0 radical (unpaired) electrons. The van der Waals surface area contributed by atoms with Gasteiger partial charge in [0.15, 0.2) is 6.10 Å². The molecule has 1 aromatic carbocycles. The highest BCUT2D eigenvalue weighted by Gasteiger charge is 2.22. The van der Waals surface area contributed by atoms with Crippen molar-refractivity contribution in [3.8, 4) is 0 Å². The standard InChI is InChI=1S/C13H18N2O3/c1-14-8-10-2-4-11(5-3-10)15-13(16)12-9-17-6-7-18-12/h2-5,12,14H,6-9H2,1H3,(H,15,16). The molecular formula is C13H18N2O3. The fourth-order valence-corrected chi connectivity index (χ4v) is 1.77. The van der Waals surface area contributed by atoms with Crippen LogP contribution in [0.3, 0.4) is 0 Å². The Morgan fingerprint density at radius 3 is 2.72 bits per heavy atom. The van der Waals surface area contributed by atoms with Gasteiger partial charge in [0.25, 0.3) is 5.91 Å². The van der Waals surface area contributed by atoms with Crippen LogP contribution < -0.4 is 10.6 Å². The van der Waals surface area contributed by atoms with E-state index in [1.807, 2.05) is 31.3 Å². The van der Waals surface area contributed by atoms with Crippen LogP contribution in [0.1, 0.15) is 5.56 Å². The third-order valence-electron chi connectivity index (χ3n) is 2.71. The maximum Gasteiger partial charge on any atom is 0.255 e. The number of carbonyl (C=O) groups is 1. The Labute approximate surface area is 106 Å². The molecule has 0 aromatic heterocycles. The summed E-state index contributed by atoms with van der Waals surface area (Å²) in [6.45, 7) is 2.17. The molecule has 98 valence electrons. The van der Waals surface area contributed by atoms with Gasteiger partial charge in [0.2, 0.25) is 0 Å². The minimum Gasteiger partial charge on any atom is -0.376 e. The summed E-state index contributed by atoms with van der Waals surface area (Å²) in [6, 6.07) is 7.72. The quantitative estimate of drug-likeness (QED) is 0.828. The predicted octanol–water partition coefficient (Wildman–Crippen LogP) is 0.760. The summed E-state index contributed by atoms with van der Waals surface area (Å²) >= 11 is 0. The second-order valence-corrected chi connectivity index (χ2v) is 4.15. The first-order chi connectivity index (χ1) is 8.79. The van der Waals surface area contributed by atoms with E-state index in [-0.39, 0.29) is 5.91 Å². The Kier molecular flexibility index (Phi) is 4.69. The van der Waals surface area contributed by atoms with Gasteiger partial charge < -0.3 is 20.1 Å². The molecule has 2 rings (SSSR count). The largest absolute Gasteiger partial charge is 0.376 e. The SMILES string of the molecule is CNCc1ccc(NC(=O)C2COCCO2)cc1. The molecule has 5 heteroatoms. The zero-order valence-corrected chi connectivity index (χ0v) is 10.4. The van der Waals surface area contributed by atoms with Gasteiger partial charge in [0, 0.05) is 12.2 Å². The van der Waals surface area contributed by atoms with E-state index in [4.69, 9.17) is 9.47 Å². The first-order valence-electron chi connectivity index (χ1n) is 6.03. The molecule has 0 bridgehead atoms. The molecular weight excluding hydrogens is 232 g/mol. The summed E-state index contributed by atoms with van der Waals surface area (Å²) in [5, 5.41) is 5.89. The van der Waals surface area contributed by atoms with Gasteiger partial charge in [-0.15, -0.1) is 0 Å². The number of anilines is 1. The number of benzene rings is 1. The predicted molar refractivity (Wildman–Crippen MR) is 68.4 cm³/mol. The first-order valence-corrected chi connectivity index (χ1v) is 6.03. The Hall–Kier alpha value is -1.43. The maximum absolute atomic E-state index is 11.8. The van der Waals surface area contributed by atoms with Crippen molar-refractivity contribution in [3.05, 3.63) is 29.8 Å². The summed E-state index contributed by atoms with van der Waals surface area (Å²) < 4.78 is 10.5. The van der Waals surface area contributed by atoms with E-state index in [2.05, 4.69) is 10.6 Å². The summed E-state index contributed by atoms with van der Waals surface area (Å²) in [4.78, 5) is 11.8. The molecule has 0 aliphatic carbocycles. The van der Waals surface area contributed by atoms with Crippen molar-refractivity contribution < 1.29 is 14.3 Å². The summed E-state index contributed by atoms with van der Waals surface area (Å²) in [7, 11) is 1.90. The van der Waals surface area contributed by atoms with E-state index < -0.39 is 6.10 Å². The monoisotopic (exact) mass is 250 g/mol. The lowest BCUT2D eigenvalue weighted by molar-refractivity contribution is -0.142. The number of carbonyl (C=O) groups excluding carboxylic acids is 1. The number of amides is 1. The van der Waals surface area contributed by atoms with Crippen LogP contribution in [0, 0.1) is 0 Å². The molecule has 1 aromatic rings. The normalized spacial score (nSPS) is 19.5. The lowest BCUT2D eigenvalue weighted by Crippen LogP contribution is -2.39. The molecule has 18 heavy (non-hydrogen) atoms. The average molecular weight is 250 g/mol. The van der Waals surface area contributed by atoms with Crippen LogP contribution in [-0.2, 0) is 20.8 Å². The number of hydrogen-bond acceptors (Lipinski definition) is 4. The van der Waals surface area contributed by atoms with Crippen molar-refractivity contribution in [2.75, 3.05) is 32.2 Å². The molecule has 1 amide bonds. The molecule has 1 unspecified atom stereocenters. The van der Waals surface area contributed by atoms with Crippen LogP contribution in [0.15, 0.2) is 24.3 Å². The minimum atomic E-state index is -0.504. The summed E-state index contributed by atoms with van der Waals surface area (Å²) in [5.74, 6) is -0.156. The number of hydrogen-bond donors (Lipinski definition) is 2. The van der Waals surface area contributed by atoms with E-state index in [1.54, 1.807) is 0 Å². The second kappa shape index (κ2) is 6.49. The van der Waals surface area contributed by atoms with Crippen LogP contribution in [0.4, 0.5) is 5.69 Å². The fourth-order valence-electron chi connectivity index (χ4n) is 1.77. The number of nitrogens with one attached hydrogen (secondary N) is 2. The Balaban J connectivity index is 1.89. The van der Waals surface area contributed by atoms with Crippen LogP contribution >= 0.6 is 0 Å². The van der Waals surface area contributed by atoms with E-state index in [1.165, 1.54) is 5.56 Å². The van der Waals surface area contributed by atoms with Crippen LogP contribution in [0.25, 0.3) is 0 Å². The van der Waals surface area contributed by atoms with Crippen molar-refractivity contribution in [2.45, 2.75) is 12.6 Å². The van der Waals surface area contributed by atoms with E-state index in [0.717, 1.165) is 12.2 Å². The highest BCUT2D eigenvalue weighted by atomic mass is 16.6. The van der Waals surface area contributed by atoms with Crippen molar-refractivity contribution in [1.29, 1.82) is 0 Å². The van der Waals surface area contributed by atoms with Gasteiger partial charge in [-0.2, -0.15) is 0 Å². The molecule has 1 aliphatic rings. The van der Waals surface area contributed by atoms with Crippen LogP contribution in [0.2, 0.25) is 0 Å². The van der Waals surface area contributed by atoms with E-state index >= 15 is 0 Å². The summed E-state index contributed by atoms with van der Waals surface area (Å²) in [5.41, 5.74) is 1.95. The zero-order chi connectivity index (χ0) is 12.8. The molecule has 1 fully saturated rings. The molecule has 2 N–H and O–H groups in total. The van der Waals surface area contributed by atoms with Crippen molar-refractivity contribution >= 4 is 11.6 Å². The highest BCUT2D eigenvalue weighted by molar-refractivity contribution is 5.94. The number of ether oxygens (including phenoxy) is 2. The van der Waals surface area contributed by atoms with Crippen LogP contribution in [-0.4, -0.2) is 38.9 Å². The third kappa shape index (κ3) is 3.53. The van der Waals surface area contributed by atoms with Crippen LogP contribution in [0.5, 0.6) is 0 Å². The molecule has 0 spiro atoms. The van der Waals surface area contributed by atoms with Gasteiger partial charge in [-0.25, -0.2) is 0 Å². The molecule has 0 saturated carbocycles. The van der Waals surface area contributed by atoms with Crippen molar-refractivity contribution in [2.24, 2.45) is 0 Å². The lowest BCUT2D eigenvalue weighted by atomic mass is 10.2. The smallest absolute Gasteiger partial charge is 0.255 e. The molecule has 1 aliphatic heterocycles. The minimum absolute atomic E-state index is 0.156. The second-order valence-electron chi connectivity index (χ2n) is 4.15. The van der Waals surface area contributed by atoms with Gasteiger partial charge >= 0.3 is 0 Å². The van der Waals surface area contributed by atoms with Gasteiger partial charge in [-0.05, 0) is 24.7 Å². The Morgan fingerprint density at radius 2 is 2.11 bits per heavy atom. The first kappa shape index (κ1) is 13.0. The zero-order valence-electron chi connectivity index (χ0n) is 10.4. The van der Waals surface area contributed by atoms with Gasteiger partial charge in [-0.1, -0.05) is 12.1 Å². The van der Waals surface area contributed by atoms with E-state index in [0.29, 0.717) is 19.8 Å². The molecule has 1 heterocycles. The van der Waals surface area contributed by atoms with Gasteiger partial charge in [0.1, 0.15) is 0 Å². The van der Waals surface area contributed by atoms with E-state index in [9.17, 15) is 4.79 Å². The molecule has 1 atom stereocenters. The molecule has 1 saturated heterocycles. The van der Waals surface area contributed by atoms with Crippen molar-refractivity contribution in [3.63, 3.8) is 0 Å². The Bertz CT molecular complexity index is 386. The van der Waals surface area contributed by atoms with Gasteiger partial charge in [0.05, 0.1) is 19.8 Å². The maximum atomic E-state index is 11.8. The Morgan fingerprint density at radius 1 is 1.33 bits per heavy atom. The average Bonchev–Trinajstić information content (AvgIpc) is 2.42. The lowest BCUT2D eigenvalue weighted by Gasteiger charge is -2.22. The fraction of sp³-hybridized carbons (Fsp3) is 0.462. The van der Waals surface area contributed by atoms with Gasteiger partial charge in [-0.3, -0.25) is 4.79 Å².